The third-order valence-electron chi connectivity index (χ3n) is 1.83. The molecule has 0 N–H and O–H groups in total. The van der Waals surface area contributed by atoms with E-state index in [1.807, 2.05) is 20.0 Å². The van der Waals surface area contributed by atoms with Gasteiger partial charge in [-0.3, -0.25) is 4.68 Å². The fourth-order valence-corrected chi connectivity index (χ4v) is 2.19. The zero-order valence-corrected chi connectivity index (χ0v) is 9.52. The van der Waals surface area contributed by atoms with Crippen LogP contribution < -0.4 is 0 Å². The number of nitrogens with zero attached hydrogens (tertiary/aromatic N) is 3. The minimum Gasteiger partial charge on any atom is -0.264 e. The van der Waals surface area contributed by atoms with E-state index in [9.17, 15) is 0 Å². The van der Waals surface area contributed by atoms with E-state index in [0.29, 0.717) is 5.02 Å². The molecule has 0 saturated heterocycles. The molecule has 3 nitrogen and oxygen atoms in total. The van der Waals surface area contributed by atoms with Crippen LogP contribution in [0.25, 0.3) is 11.0 Å². The summed E-state index contributed by atoms with van der Waals surface area (Å²) in [5, 5.41) is 4.86. The Morgan fingerprint density at radius 2 is 2.23 bits per heavy atom. The van der Waals surface area contributed by atoms with Crippen molar-refractivity contribution in [2.75, 3.05) is 0 Å². The van der Waals surface area contributed by atoms with Gasteiger partial charge in [-0.1, -0.05) is 11.6 Å². The molecule has 2 rings (SSSR count). The maximum Gasteiger partial charge on any atom is 0.154 e. The molecule has 0 bridgehead atoms. The Labute approximate surface area is 88.8 Å². The molecule has 0 saturated carbocycles. The van der Waals surface area contributed by atoms with Crippen molar-refractivity contribution in [2.24, 2.45) is 7.05 Å². The van der Waals surface area contributed by atoms with Crippen molar-refractivity contribution < 1.29 is 0 Å². The average molecular weight is 261 g/mol. The highest BCUT2D eigenvalue weighted by atomic mass is 79.9. The Balaban J connectivity index is 2.97. The zero-order chi connectivity index (χ0) is 9.59. The van der Waals surface area contributed by atoms with E-state index in [1.165, 1.54) is 0 Å². The van der Waals surface area contributed by atoms with Crippen LogP contribution in [-0.4, -0.2) is 14.8 Å². The van der Waals surface area contributed by atoms with Gasteiger partial charge in [-0.05, 0) is 28.9 Å². The summed E-state index contributed by atoms with van der Waals surface area (Å²) in [7, 11) is 1.84. The van der Waals surface area contributed by atoms with Gasteiger partial charge < -0.3 is 0 Å². The minimum atomic E-state index is 0.684. The van der Waals surface area contributed by atoms with E-state index in [-0.39, 0.29) is 0 Å². The van der Waals surface area contributed by atoms with Crippen molar-refractivity contribution in [1.29, 1.82) is 0 Å². The number of pyridine rings is 1. The maximum atomic E-state index is 6.06. The highest BCUT2D eigenvalue weighted by Gasteiger charge is 2.11. The number of rotatable bonds is 0. The summed E-state index contributed by atoms with van der Waals surface area (Å²) in [5.74, 6) is 0. The smallest absolute Gasteiger partial charge is 0.154 e. The maximum absolute atomic E-state index is 6.06. The van der Waals surface area contributed by atoms with E-state index in [4.69, 9.17) is 11.6 Å². The number of halogens is 2. The molecule has 0 unspecified atom stereocenters. The summed E-state index contributed by atoms with van der Waals surface area (Å²) in [6.07, 6.45) is 0. The van der Waals surface area contributed by atoms with Crippen LogP contribution in [0.3, 0.4) is 0 Å². The average Bonchev–Trinajstić information content (AvgIpc) is 2.27. The van der Waals surface area contributed by atoms with Gasteiger partial charge in [0.1, 0.15) is 11.0 Å². The fourth-order valence-electron chi connectivity index (χ4n) is 1.31. The molecule has 0 aromatic carbocycles. The molecule has 0 spiro atoms. The van der Waals surface area contributed by atoms with Gasteiger partial charge in [-0.15, -0.1) is 0 Å². The van der Waals surface area contributed by atoms with Crippen LogP contribution in [-0.2, 0) is 7.05 Å². The topological polar surface area (TPSA) is 30.7 Å². The van der Waals surface area contributed by atoms with E-state index in [0.717, 1.165) is 21.3 Å². The van der Waals surface area contributed by atoms with E-state index >= 15 is 0 Å². The third-order valence-corrected chi connectivity index (χ3v) is 2.65. The molecule has 13 heavy (non-hydrogen) atoms. The molecule has 0 fully saturated rings. The summed E-state index contributed by atoms with van der Waals surface area (Å²) in [5.41, 5.74) is 2.57. The Morgan fingerprint density at radius 1 is 1.54 bits per heavy atom. The lowest BCUT2D eigenvalue weighted by Crippen LogP contribution is -1.90. The van der Waals surface area contributed by atoms with Gasteiger partial charge in [0.15, 0.2) is 4.60 Å². The molecule has 0 aliphatic carbocycles. The zero-order valence-electron chi connectivity index (χ0n) is 7.17. The molecule has 2 aromatic rings. The fraction of sp³-hybridized carbons (Fsp3) is 0.250. The summed E-state index contributed by atoms with van der Waals surface area (Å²) in [4.78, 5) is 4.34. The number of hydrogen-bond donors (Lipinski definition) is 0. The van der Waals surface area contributed by atoms with Crippen molar-refractivity contribution in [3.63, 3.8) is 0 Å². The number of fused-ring (bicyclic) bond motifs is 1. The van der Waals surface area contributed by atoms with Gasteiger partial charge >= 0.3 is 0 Å². The first-order valence-corrected chi connectivity index (χ1v) is 4.92. The first kappa shape index (κ1) is 8.97. The summed E-state index contributed by atoms with van der Waals surface area (Å²) < 4.78 is 2.45. The summed E-state index contributed by atoms with van der Waals surface area (Å²) in [6, 6.07) is 1.83. The van der Waals surface area contributed by atoms with Crippen LogP contribution in [0.1, 0.15) is 5.69 Å². The van der Waals surface area contributed by atoms with Crippen LogP contribution in [0.2, 0.25) is 5.02 Å². The highest BCUT2D eigenvalue weighted by molar-refractivity contribution is 9.10. The van der Waals surface area contributed by atoms with Crippen LogP contribution in [0.4, 0.5) is 0 Å². The molecule has 2 aromatic heterocycles. The van der Waals surface area contributed by atoms with Crippen LogP contribution >= 0.6 is 27.5 Å². The van der Waals surface area contributed by atoms with Gasteiger partial charge in [-0.2, -0.15) is 5.10 Å². The second-order valence-corrected chi connectivity index (χ2v) is 4.02. The van der Waals surface area contributed by atoms with Crippen LogP contribution in [0.5, 0.6) is 0 Å². The Kier molecular flexibility index (Phi) is 2.04. The second-order valence-electron chi connectivity index (χ2n) is 2.86. The molecule has 0 aliphatic heterocycles. The summed E-state index contributed by atoms with van der Waals surface area (Å²) >= 11 is 9.39. The number of hydrogen-bond acceptors (Lipinski definition) is 2. The molecule has 0 atom stereocenters. The quantitative estimate of drug-likeness (QED) is 0.729. The molecular weight excluding hydrogens is 253 g/mol. The van der Waals surface area contributed by atoms with Crippen molar-refractivity contribution >= 4 is 38.6 Å². The Hall–Kier alpha value is -0.610. The minimum absolute atomic E-state index is 0.684. The van der Waals surface area contributed by atoms with Crippen LogP contribution in [0, 0.1) is 6.92 Å². The molecule has 0 amide bonds. The van der Waals surface area contributed by atoms with Crippen molar-refractivity contribution in [2.45, 2.75) is 6.92 Å². The molecule has 0 radical (unpaired) electrons. The predicted octanol–water partition coefficient (Wildman–Crippen LogP) is 2.69. The Bertz CT molecular complexity index is 478. The molecule has 68 valence electrons. The number of aryl methyl sites for hydroxylation is 2. The summed E-state index contributed by atoms with van der Waals surface area (Å²) in [6.45, 7) is 1.91. The molecule has 0 aliphatic rings. The SMILES string of the molecule is Cc1cc(Cl)c2c(n1)c(Br)nn2C. The van der Waals surface area contributed by atoms with Gasteiger partial charge in [-0.25, -0.2) is 4.98 Å². The van der Waals surface area contributed by atoms with E-state index in [1.54, 1.807) is 4.68 Å². The highest BCUT2D eigenvalue weighted by Crippen LogP contribution is 2.27. The first-order valence-electron chi connectivity index (χ1n) is 3.75. The van der Waals surface area contributed by atoms with Gasteiger partial charge in [0, 0.05) is 12.7 Å². The van der Waals surface area contributed by atoms with Gasteiger partial charge in [0.05, 0.1) is 5.02 Å². The standard InChI is InChI=1S/C8H7BrClN3/c1-4-3-5(10)7-6(11-4)8(9)12-13(7)2/h3H,1-2H3. The van der Waals surface area contributed by atoms with Crippen molar-refractivity contribution in [3.8, 4) is 0 Å². The number of aromatic nitrogens is 3. The van der Waals surface area contributed by atoms with Crippen molar-refractivity contribution in [3.05, 3.63) is 21.4 Å². The largest absolute Gasteiger partial charge is 0.264 e. The molecular formula is C8H7BrClN3. The predicted molar refractivity (Wildman–Crippen MR) is 56.0 cm³/mol. The lowest BCUT2D eigenvalue weighted by atomic mass is 10.3. The van der Waals surface area contributed by atoms with Gasteiger partial charge in [0.25, 0.3) is 0 Å². The van der Waals surface area contributed by atoms with E-state index in [2.05, 4.69) is 26.0 Å². The van der Waals surface area contributed by atoms with Gasteiger partial charge in [0.2, 0.25) is 0 Å². The lowest BCUT2D eigenvalue weighted by Gasteiger charge is -1.97. The Morgan fingerprint density at radius 3 is 2.92 bits per heavy atom. The van der Waals surface area contributed by atoms with Crippen molar-refractivity contribution in [1.82, 2.24) is 14.8 Å². The molecule has 5 heteroatoms. The first-order chi connectivity index (χ1) is 6.09. The third kappa shape index (κ3) is 1.34. The normalized spacial score (nSPS) is 11.1. The second kappa shape index (κ2) is 2.96. The molecule has 2 heterocycles. The van der Waals surface area contributed by atoms with Crippen LogP contribution in [0.15, 0.2) is 10.7 Å². The lowest BCUT2D eigenvalue weighted by molar-refractivity contribution is 0.788. The monoisotopic (exact) mass is 259 g/mol. The van der Waals surface area contributed by atoms with E-state index < -0.39 is 0 Å².